The van der Waals surface area contributed by atoms with E-state index in [0.29, 0.717) is 14.8 Å². The lowest BCUT2D eigenvalue weighted by atomic mass is 10.1. The number of carbonyl (C=O) groups excluding carboxylic acids is 1. The lowest BCUT2D eigenvalue weighted by Gasteiger charge is -1.97. The predicted octanol–water partition coefficient (Wildman–Crippen LogP) is 3.91. The lowest BCUT2D eigenvalue weighted by Crippen LogP contribution is -1.90. The summed E-state index contributed by atoms with van der Waals surface area (Å²) in [5, 5.41) is 20.0. The van der Waals surface area contributed by atoms with Gasteiger partial charge < -0.3 is 5.11 Å². The topological polar surface area (TPSA) is 80.4 Å². The molecule has 0 unspecified atom stereocenters. The molecule has 0 amide bonds. The minimum absolute atomic E-state index is 0.238. The molecule has 0 fully saturated rings. The Morgan fingerprint density at radius 2 is 2.10 bits per heavy atom. The van der Waals surface area contributed by atoms with E-state index in [0.717, 1.165) is 11.3 Å². The van der Waals surface area contributed by atoms with Crippen LogP contribution in [0.1, 0.15) is 15.2 Å². The number of rotatable bonds is 4. The van der Waals surface area contributed by atoms with Crippen molar-refractivity contribution in [2.24, 2.45) is 0 Å². The van der Waals surface area contributed by atoms with Crippen molar-refractivity contribution >= 4 is 40.5 Å². The number of carbonyl (C=O) groups is 1. The van der Waals surface area contributed by atoms with Gasteiger partial charge in [-0.1, -0.05) is 23.7 Å². The van der Waals surface area contributed by atoms with Gasteiger partial charge in [0.1, 0.15) is 0 Å². The second-order valence-electron chi connectivity index (χ2n) is 3.81. The quantitative estimate of drug-likeness (QED) is 0.402. The number of halogens is 1. The standard InChI is InChI=1S/C13H8ClNO4S/c14-13-6-5-12(20-13)11(17)4-2-8-1-3-10(16)9(7-8)15(18)19/h1-7,16H. The number of benzene rings is 1. The number of aromatic hydroxyl groups is 1. The fourth-order valence-electron chi connectivity index (χ4n) is 1.49. The van der Waals surface area contributed by atoms with E-state index in [1.807, 2.05) is 0 Å². The monoisotopic (exact) mass is 309 g/mol. The molecule has 1 heterocycles. The van der Waals surface area contributed by atoms with E-state index in [4.69, 9.17) is 11.6 Å². The summed E-state index contributed by atoms with van der Waals surface area (Å²) in [6.07, 6.45) is 2.75. The maximum atomic E-state index is 11.8. The highest BCUT2D eigenvalue weighted by molar-refractivity contribution is 7.18. The molecule has 2 rings (SSSR count). The van der Waals surface area contributed by atoms with Crippen LogP contribution in [0, 0.1) is 10.1 Å². The first kappa shape index (κ1) is 14.2. The molecule has 1 N–H and O–H groups in total. The molecular weight excluding hydrogens is 302 g/mol. The van der Waals surface area contributed by atoms with Gasteiger partial charge in [-0.15, -0.1) is 11.3 Å². The Labute approximate surface area is 122 Å². The minimum Gasteiger partial charge on any atom is -0.502 e. The van der Waals surface area contributed by atoms with E-state index >= 15 is 0 Å². The molecule has 0 aliphatic rings. The number of phenolic OH excluding ortho intramolecular Hbond substituents is 1. The van der Waals surface area contributed by atoms with E-state index in [1.165, 1.54) is 30.4 Å². The first-order valence-corrected chi connectivity index (χ1v) is 6.62. The Morgan fingerprint density at radius 3 is 2.70 bits per heavy atom. The predicted molar refractivity (Wildman–Crippen MR) is 77.5 cm³/mol. The Kier molecular flexibility index (Phi) is 4.16. The van der Waals surface area contributed by atoms with Crippen LogP contribution in [-0.2, 0) is 0 Å². The highest BCUT2D eigenvalue weighted by atomic mass is 35.5. The largest absolute Gasteiger partial charge is 0.502 e. The van der Waals surface area contributed by atoms with Crippen molar-refractivity contribution < 1.29 is 14.8 Å². The average Bonchev–Trinajstić information content (AvgIpc) is 2.84. The first-order valence-electron chi connectivity index (χ1n) is 5.42. The zero-order chi connectivity index (χ0) is 14.7. The number of ketones is 1. The Balaban J connectivity index is 2.21. The molecule has 1 aromatic heterocycles. The summed E-state index contributed by atoms with van der Waals surface area (Å²) in [7, 11) is 0. The fourth-order valence-corrected chi connectivity index (χ4v) is 2.45. The zero-order valence-electron chi connectivity index (χ0n) is 9.95. The van der Waals surface area contributed by atoms with Crippen LogP contribution in [0.3, 0.4) is 0 Å². The van der Waals surface area contributed by atoms with Crippen LogP contribution in [-0.4, -0.2) is 15.8 Å². The van der Waals surface area contributed by atoms with Crippen molar-refractivity contribution in [1.29, 1.82) is 0 Å². The van der Waals surface area contributed by atoms with Crippen molar-refractivity contribution in [1.82, 2.24) is 0 Å². The van der Waals surface area contributed by atoms with Crippen molar-refractivity contribution in [3.63, 3.8) is 0 Å². The summed E-state index contributed by atoms with van der Waals surface area (Å²) < 4.78 is 0.516. The van der Waals surface area contributed by atoms with Crippen molar-refractivity contribution in [3.05, 3.63) is 61.3 Å². The van der Waals surface area contributed by atoms with Crippen LogP contribution in [0.25, 0.3) is 6.08 Å². The van der Waals surface area contributed by atoms with Crippen LogP contribution < -0.4 is 0 Å². The number of hydrogen-bond donors (Lipinski definition) is 1. The molecule has 0 saturated heterocycles. The Morgan fingerprint density at radius 1 is 1.35 bits per heavy atom. The van der Waals surface area contributed by atoms with Gasteiger partial charge in [-0.3, -0.25) is 14.9 Å². The lowest BCUT2D eigenvalue weighted by molar-refractivity contribution is -0.385. The summed E-state index contributed by atoms with van der Waals surface area (Å²) >= 11 is 6.89. The number of nitro benzene ring substituents is 1. The third-order valence-corrected chi connectivity index (χ3v) is 3.69. The second kappa shape index (κ2) is 5.85. The van der Waals surface area contributed by atoms with Gasteiger partial charge in [0, 0.05) is 6.07 Å². The molecule has 7 heteroatoms. The molecule has 102 valence electrons. The number of thiophene rings is 1. The fraction of sp³-hybridized carbons (Fsp3) is 0. The molecule has 0 radical (unpaired) electrons. The molecule has 0 aliphatic carbocycles. The van der Waals surface area contributed by atoms with Crippen molar-refractivity contribution in [3.8, 4) is 5.75 Å². The van der Waals surface area contributed by atoms with Gasteiger partial charge in [-0.2, -0.15) is 0 Å². The Hall–Kier alpha value is -2.18. The van der Waals surface area contributed by atoms with Crippen LogP contribution >= 0.6 is 22.9 Å². The van der Waals surface area contributed by atoms with E-state index < -0.39 is 16.4 Å². The second-order valence-corrected chi connectivity index (χ2v) is 5.52. The minimum atomic E-state index is -0.687. The summed E-state index contributed by atoms with van der Waals surface area (Å²) in [4.78, 5) is 22.3. The first-order chi connectivity index (χ1) is 9.47. The highest BCUT2D eigenvalue weighted by Crippen LogP contribution is 2.27. The smallest absolute Gasteiger partial charge is 0.311 e. The maximum Gasteiger partial charge on any atom is 0.311 e. The number of hydrogen-bond acceptors (Lipinski definition) is 5. The van der Waals surface area contributed by atoms with Gasteiger partial charge in [0.25, 0.3) is 0 Å². The van der Waals surface area contributed by atoms with Gasteiger partial charge in [-0.25, -0.2) is 0 Å². The molecule has 2 aromatic rings. The van der Waals surface area contributed by atoms with Crippen molar-refractivity contribution in [2.45, 2.75) is 0 Å². The molecule has 0 saturated carbocycles. The molecule has 0 bridgehead atoms. The average molecular weight is 310 g/mol. The summed E-state index contributed by atoms with van der Waals surface area (Å²) in [5.41, 5.74) is 0.0456. The normalized spacial score (nSPS) is 10.8. The van der Waals surface area contributed by atoms with E-state index in [9.17, 15) is 20.0 Å². The molecule has 0 aliphatic heterocycles. The van der Waals surface area contributed by atoms with E-state index in [-0.39, 0.29) is 5.78 Å². The molecular formula is C13H8ClNO4S. The third-order valence-electron chi connectivity index (χ3n) is 2.44. The van der Waals surface area contributed by atoms with Crippen LogP contribution in [0.4, 0.5) is 5.69 Å². The zero-order valence-corrected chi connectivity index (χ0v) is 11.5. The molecule has 5 nitrogen and oxygen atoms in total. The summed E-state index contributed by atoms with van der Waals surface area (Å²) in [6.45, 7) is 0. The van der Waals surface area contributed by atoms with E-state index in [1.54, 1.807) is 12.1 Å². The number of phenols is 1. The van der Waals surface area contributed by atoms with Crippen LogP contribution in [0.5, 0.6) is 5.75 Å². The molecule has 0 atom stereocenters. The number of allylic oxidation sites excluding steroid dienone is 1. The molecule has 20 heavy (non-hydrogen) atoms. The number of nitrogens with zero attached hydrogens (tertiary/aromatic N) is 1. The summed E-state index contributed by atoms with van der Waals surface area (Å²) in [6, 6.07) is 7.12. The van der Waals surface area contributed by atoms with Gasteiger partial charge in [0.05, 0.1) is 14.1 Å². The van der Waals surface area contributed by atoms with Crippen molar-refractivity contribution in [2.75, 3.05) is 0 Å². The highest BCUT2D eigenvalue weighted by Gasteiger charge is 2.12. The summed E-state index contributed by atoms with van der Waals surface area (Å²) in [5.74, 6) is -0.652. The molecule has 1 aromatic carbocycles. The van der Waals surface area contributed by atoms with Gasteiger partial charge in [0.15, 0.2) is 11.5 Å². The number of nitro groups is 1. The van der Waals surface area contributed by atoms with Gasteiger partial charge in [-0.05, 0) is 29.8 Å². The maximum absolute atomic E-state index is 11.8. The van der Waals surface area contributed by atoms with Gasteiger partial charge >= 0.3 is 5.69 Å². The SMILES string of the molecule is O=C(C=Cc1ccc(O)c([N+](=O)[O-])c1)c1ccc(Cl)s1. The Bertz CT molecular complexity index is 708. The van der Waals surface area contributed by atoms with Crippen LogP contribution in [0.2, 0.25) is 4.34 Å². The van der Waals surface area contributed by atoms with E-state index in [2.05, 4.69) is 0 Å². The van der Waals surface area contributed by atoms with Gasteiger partial charge in [0.2, 0.25) is 0 Å². The third kappa shape index (κ3) is 3.23. The molecule has 0 spiro atoms. The van der Waals surface area contributed by atoms with Crippen LogP contribution in [0.15, 0.2) is 36.4 Å².